The molecule has 5 heteroatoms. The van der Waals surface area contributed by atoms with E-state index in [1.165, 1.54) is 17.4 Å². The molecule has 0 aliphatic rings. The Labute approximate surface area is 102 Å². The molecule has 1 aromatic carbocycles. The van der Waals surface area contributed by atoms with Gasteiger partial charge in [0.15, 0.2) is 0 Å². The van der Waals surface area contributed by atoms with Gasteiger partial charge in [-0.1, -0.05) is 13.8 Å². The summed E-state index contributed by atoms with van der Waals surface area (Å²) < 4.78 is 37.8. The average molecular weight is 259 g/mol. The summed E-state index contributed by atoms with van der Waals surface area (Å²) in [6.07, 6.45) is 1.13. The highest BCUT2D eigenvalue weighted by molar-refractivity contribution is 7.92. The molecule has 0 aromatic heterocycles. The topological polar surface area (TPSA) is 37.4 Å². The van der Waals surface area contributed by atoms with Crippen molar-refractivity contribution in [3.05, 3.63) is 29.1 Å². The summed E-state index contributed by atoms with van der Waals surface area (Å²) >= 11 is 0. The van der Waals surface area contributed by atoms with Crippen LogP contribution in [0, 0.1) is 12.7 Å². The lowest BCUT2D eigenvalue weighted by atomic mass is 10.00. The SMILES string of the molecule is Cc1cc(F)c(C(C)C)cc1N(C)S(C)(=O)=O. The minimum atomic E-state index is -3.32. The molecule has 1 aromatic rings. The zero-order valence-electron chi connectivity index (χ0n) is 10.8. The molecule has 17 heavy (non-hydrogen) atoms. The third kappa shape index (κ3) is 2.97. The highest BCUT2D eigenvalue weighted by Gasteiger charge is 2.17. The Morgan fingerprint density at radius 2 is 1.82 bits per heavy atom. The highest BCUT2D eigenvalue weighted by atomic mass is 32.2. The second-order valence-electron chi connectivity index (χ2n) is 4.55. The van der Waals surface area contributed by atoms with Crippen LogP contribution in [0.2, 0.25) is 0 Å². The highest BCUT2D eigenvalue weighted by Crippen LogP contribution is 2.28. The molecule has 96 valence electrons. The fourth-order valence-electron chi connectivity index (χ4n) is 1.64. The molecular formula is C12H18FNO2S. The van der Waals surface area contributed by atoms with Crippen molar-refractivity contribution in [1.82, 2.24) is 0 Å². The van der Waals surface area contributed by atoms with Gasteiger partial charge in [-0.25, -0.2) is 12.8 Å². The maximum absolute atomic E-state index is 13.7. The van der Waals surface area contributed by atoms with Gasteiger partial charge >= 0.3 is 0 Å². The summed E-state index contributed by atoms with van der Waals surface area (Å²) in [5, 5.41) is 0. The van der Waals surface area contributed by atoms with Crippen molar-refractivity contribution in [2.45, 2.75) is 26.7 Å². The molecule has 0 radical (unpaired) electrons. The first-order chi connectivity index (χ1) is 7.64. The molecular weight excluding hydrogens is 241 g/mol. The lowest BCUT2D eigenvalue weighted by Gasteiger charge is -2.21. The maximum Gasteiger partial charge on any atom is 0.232 e. The molecule has 0 saturated heterocycles. The van der Waals surface area contributed by atoms with Crippen molar-refractivity contribution in [2.24, 2.45) is 0 Å². The zero-order valence-corrected chi connectivity index (χ0v) is 11.6. The Hall–Kier alpha value is -1.10. The Morgan fingerprint density at radius 1 is 1.29 bits per heavy atom. The largest absolute Gasteiger partial charge is 0.273 e. The molecule has 3 nitrogen and oxygen atoms in total. The summed E-state index contributed by atoms with van der Waals surface area (Å²) in [6.45, 7) is 5.44. The van der Waals surface area contributed by atoms with Crippen molar-refractivity contribution in [2.75, 3.05) is 17.6 Å². The van der Waals surface area contributed by atoms with Crippen molar-refractivity contribution in [3.63, 3.8) is 0 Å². The fraction of sp³-hybridized carbons (Fsp3) is 0.500. The third-order valence-electron chi connectivity index (χ3n) is 2.77. The second-order valence-corrected chi connectivity index (χ2v) is 6.56. The minimum Gasteiger partial charge on any atom is -0.273 e. The van der Waals surface area contributed by atoms with Gasteiger partial charge < -0.3 is 0 Å². The number of benzene rings is 1. The predicted octanol–water partition coefficient (Wildman–Crippen LogP) is 2.65. The van der Waals surface area contributed by atoms with Crippen molar-refractivity contribution >= 4 is 15.7 Å². The Morgan fingerprint density at radius 3 is 2.24 bits per heavy atom. The number of nitrogens with zero attached hydrogens (tertiary/aromatic N) is 1. The van der Waals surface area contributed by atoms with E-state index >= 15 is 0 Å². The van der Waals surface area contributed by atoms with Gasteiger partial charge in [-0.05, 0) is 36.1 Å². The standard InChI is InChI=1S/C12H18FNO2S/c1-8(2)10-7-12(9(3)6-11(10)13)14(4)17(5,15)16/h6-8H,1-5H3. The lowest BCUT2D eigenvalue weighted by molar-refractivity contribution is 0.594. The maximum atomic E-state index is 13.7. The number of anilines is 1. The van der Waals surface area contributed by atoms with Crippen LogP contribution in [-0.2, 0) is 10.0 Å². The number of sulfonamides is 1. The normalized spacial score (nSPS) is 11.9. The van der Waals surface area contributed by atoms with Crippen LogP contribution in [0.3, 0.4) is 0 Å². The molecule has 0 bridgehead atoms. The summed E-state index contributed by atoms with van der Waals surface area (Å²) in [6, 6.07) is 2.99. The van der Waals surface area contributed by atoms with Gasteiger partial charge in [0.1, 0.15) is 5.82 Å². The first kappa shape index (κ1) is 14.0. The lowest BCUT2D eigenvalue weighted by Crippen LogP contribution is -2.25. The van der Waals surface area contributed by atoms with E-state index in [4.69, 9.17) is 0 Å². The van der Waals surface area contributed by atoms with E-state index in [9.17, 15) is 12.8 Å². The Balaban J connectivity index is 3.40. The van der Waals surface area contributed by atoms with Crippen LogP contribution in [0.5, 0.6) is 0 Å². The summed E-state index contributed by atoms with van der Waals surface area (Å²) in [4.78, 5) is 0. The van der Waals surface area contributed by atoms with Crippen LogP contribution in [-0.4, -0.2) is 21.7 Å². The number of hydrogen-bond donors (Lipinski definition) is 0. The van der Waals surface area contributed by atoms with Crippen LogP contribution in [0.4, 0.5) is 10.1 Å². The van der Waals surface area contributed by atoms with Crippen LogP contribution in [0.15, 0.2) is 12.1 Å². The average Bonchev–Trinajstić information content (AvgIpc) is 2.14. The molecule has 0 aliphatic heterocycles. The molecule has 0 amide bonds. The van der Waals surface area contributed by atoms with E-state index in [0.29, 0.717) is 16.8 Å². The van der Waals surface area contributed by atoms with Crippen molar-refractivity contribution < 1.29 is 12.8 Å². The van der Waals surface area contributed by atoms with Gasteiger partial charge in [0.2, 0.25) is 10.0 Å². The molecule has 0 fully saturated rings. The van der Waals surface area contributed by atoms with Crippen LogP contribution < -0.4 is 4.31 Å². The predicted molar refractivity (Wildman–Crippen MR) is 68.5 cm³/mol. The quantitative estimate of drug-likeness (QED) is 0.837. The van der Waals surface area contributed by atoms with Crippen molar-refractivity contribution in [3.8, 4) is 0 Å². The van der Waals surface area contributed by atoms with E-state index in [1.807, 2.05) is 13.8 Å². The van der Waals surface area contributed by atoms with Gasteiger partial charge in [0.25, 0.3) is 0 Å². The van der Waals surface area contributed by atoms with Gasteiger partial charge in [-0.2, -0.15) is 0 Å². The summed E-state index contributed by atoms with van der Waals surface area (Å²) in [5.41, 5.74) is 1.67. The number of aryl methyl sites for hydroxylation is 1. The van der Waals surface area contributed by atoms with E-state index in [0.717, 1.165) is 6.26 Å². The molecule has 0 saturated carbocycles. The fourth-order valence-corrected chi connectivity index (χ4v) is 2.19. The Bertz CT molecular complexity index is 524. The third-order valence-corrected chi connectivity index (χ3v) is 3.97. The zero-order chi connectivity index (χ0) is 13.4. The smallest absolute Gasteiger partial charge is 0.232 e. The van der Waals surface area contributed by atoms with E-state index < -0.39 is 10.0 Å². The van der Waals surface area contributed by atoms with E-state index in [2.05, 4.69) is 0 Å². The summed E-state index contributed by atoms with van der Waals surface area (Å²) in [5.74, 6) is -0.273. The van der Waals surface area contributed by atoms with E-state index in [-0.39, 0.29) is 11.7 Å². The molecule has 0 unspecified atom stereocenters. The molecule has 0 N–H and O–H groups in total. The number of rotatable bonds is 3. The van der Waals surface area contributed by atoms with Crippen LogP contribution in [0.1, 0.15) is 30.9 Å². The molecule has 0 spiro atoms. The first-order valence-corrected chi connectivity index (χ1v) is 7.23. The van der Waals surface area contributed by atoms with Gasteiger partial charge in [-0.15, -0.1) is 0 Å². The molecule has 0 aliphatic carbocycles. The Kier molecular flexibility index (Phi) is 3.81. The molecule has 1 rings (SSSR count). The molecule has 0 heterocycles. The molecule has 0 atom stereocenters. The van der Waals surface area contributed by atoms with Crippen LogP contribution in [0.25, 0.3) is 0 Å². The second kappa shape index (κ2) is 4.64. The first-order valence-electron chi connectivity index (χ1n) is 5.38. The number of halogens is 1. The van der Waals surface area contributed by atoms with Gasteiger partial charge in [-0.3, -0.25) is 4.31 Å². The number of hydrogen-bond acceptors (Lipinski definition) is 2. The van der Waals surface area contributed by atoms with Gasteiger partial charge in [0, 0.05) is 7.05 Å². The minimum absolute atomic E-state index is 0.0160. The van der Waals surface area contributed by atoms with E-state index in [1.54, 1.807) is 13.0 Å². The van der Waals surface area contributed by atoms with Crippen LogP contribution >= 0.6 is 0 Å². The van der Waals surface area contributed by atoms with Gasteiger partial charge in [0.05, 0.1) is 11.9 Å². The van der Waals surface area contributed by atoms with Crippen molar-refractivity contribution in [1.29, 1.82) is 0 Å². The summed E-state index contributed by atoms with van der Waals surface area (Å²) in [7, 11) is -1.85. The monoisotopic (exact) mass is 259 g/mol.